The lowest BCUT2D eigenvalue weighted by molar-refractivity contribution is -0.134. The number of hydrogen-bond acceptors (Lipinski definition) is 2. The van der Waals surface area contributed by atoms with Crippen molar-refractivity contribution < 1.29 is 9.59 Å². The molecule has 16 heavy (non-hydrogen) atoms. The van der Waals surface area contributed by atoms with Crippen LogP contribution in [0.3, 0.4) is 0 Å². The number of carbonyl (C=O) groups excluding carboxylic acids is 2. The summed E-state index contributed by atoms with van der Waals surface area (Å²) in [7, 11) is 1.86. The van der Waals surface area contributed by atoms with Gasteiger partial charge in [-0.05, 0) is 6.07 Å². The second kappa shape index (κ2) is 3.69. The van der Waals surface area contributed by atoms with Gasteiger partial charge in [0.25, 0.3) is 0 Å². The molecule has 0 bridgehead atoms. The molecule has 2 amide bonds. The van der Waals surface area contributed by atoms with E-state index in [1.807, 2.05) is 35.9 Å². The van der Waals surface area contributed by atoms with Gasteiger partial charge >= 0.3 is 11.8 Å². The fraction of sp³-hybridized carbons (Fsp3) is 0.0909. The van der Waals surface area contributed by atoms with Crippen LogP contribution in [-0.2, 0) is 16.6 Å². The van der Waals surface area contributed by atoms with Gasteiger partial charge in [-0.3, -0.25) is 9.59 Å². The molecule has 0 atom stereocenters. The molecule has 0 aliphatic heterocycles. The molecule has 2 rings (SSSR count). The van der Waals surface area contributed by atoms with E-state index < -0.39 is 11.8 Å². The minimum Gasteiger partial charge on any atom is -0.361 e. The number of aromatic nitrogens is 1. The Morgan fingerprint density at radius 2 is 2.00 bits per heavy atom. The third-order valence-electron chi connectivity index (χ3n) is 2.37. The van der Waals surface area contributed by atoms with Crippen LogP contribution in [0.5, 0.6) is 0 Å². The van der Waals surface area contributed by atoms with E-state index in [1.165, 1.54) is 0 Å². The first kappa shape index (κ1) is 10.2. The summed E-state index contributed by atoms with van der Waals surface area (Å²) in [6, 6.07) is 7.56. The summed E-state index contributed by atoms with van der Waals surface area (Å²) in [5.41, 5.74) is 6.44. The summed E-state index contributed by atoms with van der Waals surface area (Å²) in [6.07, 6.45) is 1.74. The second-order valence-electron chi connectivity index (χ2n) is 3.49. The molecule has 0 saturated heterocycles. The van der Waals surface area contributed by atoms with Gasteiger partial charge in [-0.25, -0.2) is 0 Å². The van der Waals surface area contributed by atoms with Crippen LogP contribution < -0.4 is 11.1 Å². The SMILES string of the molecule is Cn1cc(NC(=O)C(N)=O)c2ccccc21. The van der Waals surface area contributed by atoms with Crippen LogP contribution in [0.2, 0.25) is 0 Å². The summed E-state index contributed by atoms with van der Waals surface area (Å²) in [5, 5.41) is 3.35. The highest BCUT2D eigenvalue weighted by atomic mass is 16.2. The van der Waals surface area contributed by atoms with Gasteiger partial charge in [-0.2, -0.15) is 0 Å². The Kier molecular flexibility index (Phi) is 2.36. The zero-order valence-corrected chi connectivity index (χ0v) is 8.73. The minimum absolute atomic E-state index is 0.585. The standard InChI is InChI=1S/C11H11N3O2/c1-14-6-8(13-11(16)10(12)15)7-4-2-3-5-9(7)14/h2-6H,1H3,(H2,12,15)(H,13,16). The zero-order chi connectivity index (χ0) is 11.7. The first-order valence-corrected chi connectivity index (χ1v) is 4.74. The monoisotopic (exact) mass is 217 g/mol. The number of nitrogens with two attached hydrogens (primary N) is 1. The summed E-state index contributed by atoms with van der Waals surface area (Å²) >= 11 is 0. The molecule has 0 saturated carbocycles. The molecule has 1 aromatic heterocycles. The third kappa shape index (κ3) is 1.63. The first-order chi connectivity index (χ1) is 7.59. The summed E-state index contributed by atoms with van der Waals surface area (Å²) < 4.78 is 1.87. The van der Waals surface area contributed by atoms with Crippen molar-refractivity contribution in [2.24, 2.45) is 12.8 Å². The molecule has 0 aliphatic rings. The predicted molar refractivity (Wildman–Crippen MR) is 60.7 cm³/mol. The van der Waals surface area contributed by atoms with Crippen molar-refractivity contribution >= 4 is 28.4 Å². The Labute approximate surface area is 91.8 Å². The number of fused-ring (bicyclic) bond motifs is 1. The van der Waals surface area contributed by atoms with Crippen molar-refractivity contribution in [2.75, 3.05) is 5.32 Å². The maximum absolute atomic E-state index is 11.2. The Morgan fingerprint density at radius 1 is 1.31 bits per heavy atom. The van der Waals surface area contributed by atoms with Gasteiger partial charge < -0.3 is 15.6 Å². The fourth-order valence-corrected chi connectivity index (χ4v) is 1.63. The third-order valence-corrected chi connectivity index (χ3v) is 2.37. The van der Waals surface area contributed by atoms with Crippen LogP contribution in [0.25, 0.3) is 10.9 Å². The number of primary amides is 1. The van der Waals surface area contributed by atoms with Crippen molar-refractivity contribution in [1.82, 2.24) is 4.57 Å². The van der Waals surface area contributed by atoms with Crippen molar-refractivity contribution in [2.45, 2.75) is 0 Å². The second-order valence-corrected chi connectivity index (χ2v) is 3.49. The lowest BCUT2D eigenvalue weighted by Gasteiger charge is -1.99. The number of para-hydroxylation sites is 1. The maximum atomic E-state index is 11.2. The number of rotatable bonds is 1. The Balaban J connectivity index is 2.46. The van der Waals surface area contributed by atoms with Gasteiger partial charge in [-0.1, -0.05) is 18.2 Å². The normalized spacial score (nSPS) is 10.3. The molecule has 3 N–H and O–H groups in total. The molecule has 82 valence electrons. The lowest BCUT2D eigenvalue weighted by Crippen LogP contribution is -2.29. The first-order valence-electron chi connectivity index (χ1n) is 4.74. The van der Waals surface area contributed by atoms with Gasteiger partial charge in [0.05, 0.1) is 5.69 Å². The van der Waals surface area contributed by atoms with Crippen molar-refractivity contribution in [1.29, 1.82) is 0 Å². The summed E-state index contributed by atoms with van der Waals surface area (Å²) in [6.45, 7) is 0. The molecule has 5 heteroatoms. The Morgan fingerprint density at radius 3 is 2.69 bits per heavy atom. The van der Waals surface area contributed by atoms with Gasteiger partial charge in [0.2, 0.25) is 0 Å². The van der Waals surface area contributed by atoms with Crippen LogP contribution in [0.1, 0.15) is 0 Å². The molecule has 0 spiro atoms. The molecule has 0 aliphatic carbocycles. The molecule has 2 aromatic rings. The number of hydrogen-bond donors (Lipinski definition) is 2. The van der Waals surface area contributed by atoms with Crippen LogP contribution in [0.15, 0.2) is 30.5 Å². The number of carbonyl (C=O) groups is 2. The molecule has 0 radical (unpaired) electrons. The number of amides is 2. The van der Waals surface area contributed by atoms with Crippen LogP contribution in [0, 0.1) is 0 Å². The maximum Gasteiger partial charge on any atom is 0.313 e. The summed E-state index contributed by atoms with van der Waals surface area (Å²) in [4.78, 5) is 21.8. The molecule has 0 unspecified atom stereocenters. The van der Waals surface area contributed by atoms with Crippen LogP contribution >= 0.6 is 0 Å². The average Bonchev–Trinajstić information content (AvgIpc) is 2.57. The molecule has 1 aromatic carbocycles. The Hall–Kier alpha value is -2.30. The lowest BCUT2D eigenvalue weighted by atomic mass is 10.2. The quantitative estimate of drug-likeness (QED) is 0.686. The van der Waals surface area contributed by atoms with Crippen LogP contribution in [-0.4, -0.2) is 16.4 Å². The highest BCUT2D eigenvalue weighted by Crippen LogP contribution is 2.24. The molecule has 1 heterocycles. The van der Waals surface area contributed by atoms with Gasteiger partial charge in [0.15, 0.2) is 0 Å². The van der Waals surface area contributed by atoms with Crippen LogP contribution in [0.4, 0.5) is 5.69 Å². The fourth-order valence-electron chi connectivity index (χ4n) is 1.63. The predicted octanol–water partition coefficient (Wildman–Crippen LogP) is 0.602. The van der Waals surface area contributed by atoms with E-state index in [2.05, 4.69) is 5.32 Å². The highest BCUT2D eigenvalue weighted by Gasteiger charge is 2.12. The van der Waals surface area contributed by atoms with Gasteiger partial charge in [0.1, 0.15) is 0 Å². The van der Waals surface area contributed by atoms with E-state index in [1.54, 1.807) is 6.20 Å². The highest BCUT2D eigenvalue weighted by molar-refractivity contribution is 6.39. The zero-order valence-electron chi connectivity index (χ0n) is 8.73. The molecule has 0 fully saturated rings. The number of benzene rings is 1. The van der Waals surface area contributed by atoms with E-state index in [0.29, 0.717) is 5.69 Å². The van der Waals surface area contributed by atoms with E-state index in [9.17, 15) is 9.59 Å². The molecular formula is C11H11N3O2. The number of nitrogens with one attached hydrogen (secondary N) is 1. The largest absolute Gasteiger partial charge is 0.361 e. The van der Waals surface area contributed by atoms with Gasteiger partial charge in [0, 0.05) is 24.1 Å². The number of anilines is 1. The van der Waals surface area contributed by atoms with Crippen molar-refractivity contribution in [3.05, 3.63) is 30.5 Å². The minimum atomic E-state index is -0.993. The van der Waals surface area contributed by atoms with E-state index in [0.717, 1.165) is 10.9 Å². The van der Waals surface area contributed by atoms with Crippen molar-refractivity contribution in [3.63, 3.8) is 0 Å². The molecular weight excluding hydrogens is 206 g/mol. The smallest absolute Gasteiger partial charge is 0.313 e. The van der Waals surface area contributed by atoms with E-state index in [4.69, 9.17) is 5.73 Å². The van der Waals surface area contributed by atoms with E-state index in [-0.39, 0.29) is 0 Å². The Bertz CT molecular complexity index is 572. The topological polar surface area (TPSA) is 77.1 Å². The molecule has 5 nitrogen and oxygen atoms in total. The number of nitrogens with zero attached hydrogens (tertiary/aromatic N) is 1. The van der Waals surface area contributed by atoms with E-state index >= 15 is 0 Å². The van der Waals surface area contributed by atoms with Gasteiger partial charge in [-0.15, -0.1) is 0 Å². The summed E-state index contributed by atoms with van der Waals surface area (Å²) in [5.74, 6) is -1.80. The van der Waals surface area contributed by atoms with Crippen molar-refractivity contribution in [3.8, 4) is 0 Å². The average molecular weight is 217 g/mol. The number of aryl methyl sites for hydroxylation is 1.